The van der Waals surface area contributed by atoms with Gasteiger partial charge in [0.2, 0.25) is 0 Å². The summed E-state index contributed by atoms with van der Waals surface area (Å²) in [5, 5.41) is 0. The predicted molar refractivity (Wildman–Crippen MR) is 86.0 cm³/mol. The zero-order valence-corrected chi connectivity index (χ0v) is 13.9. The fraction of sp³-hybridized carbons (Fsp3) is 0.500. The fourth-order valence-electron chi connectivity index (χ4n) is 3.46. The minimum Gasteiger partial charge on any atom is -0.445 e. The third kappa shape index (κ3) is 2.46. The van der Waals surface area contributed by atoms with E-state index < -0.39 is 5.63 Å². The molecule has 24 heavy (non-hydrogen) atoms. The molecular formula is C18H20N2O4. The van der Waals surface area contributed by atoms with Gasteiger partial charge in [0.1, 0.15) is 17.2 Å². The number of fused-ring (bicyclic) bond motifs is 1. The first-order chi connectivity index (χ1) is 11.5. The van der Waals surface area contributed by atoms with Gasteiger partial charge in [-0.3, -0.25) is 4.79 Å². The van der Waals surface area contributed by atoms with Crippen LogP contribution in [0.4, 0.5) is 0 Å². The molecule has 1 aliphatic carbocycles. The van der Waals surface area contributed by atoms with Gasteiger partial charge in [-0.25, -0.2) is 9.78 Å². The highest BCUT2D eigenvalue weighted by atomic mass is 16.4. The molecule has 2 aliphatic rings. The second-order valence-electron chi connectivity index (χ2n) is 6.71. The molecule has 1 aliphatic heterocycles. The number of hydrogen-bond acceptors (Lipinski definition) is 5. The Morgan fingerprint density at radius 3 is 2.75 bits per heavy atom. The minimum atomic E-state index is -0.427. The van der Waals surface area contributed by atoms with Gasteiger partial charge in [-0.2, -0.15) is 0 Å². The van der Waals surface area contributed by atoms with Crippen molar-refractivity contribution < 1.29 is 13.6 Å². The van der Waals surface area contributed by atoms with Gasteiger partial charge in [-0.15, -0.1) is 0 Å². The molecule has 6 heteroatoms. The molecule has 4 rings (SSSR count). The number of rotatable bonds is 2. The molecule has 0 radical (unpaired) electrons. The van der Waals surface area contributed by atoms with E-state index >= 15 is 0 Å². The van der Waals surface area contributed by atoms with Crippen molar-refractivity contribution in [2.24, 2.45) is 0 Å². The SMILES string of the molecule is Cc1cc(=O)oc(C)c1C(=O)N1CCc2oc(C3CCC3)nc2C1. The number of hydrogen-bond donors (Lipinski definition) is 0. The van der Waals surface area contributed by atoms with E-state index in [0.29, 0.717) is 42.3 Å². The molecule has 0 aromatic carbocycles. The molecule has 2 aromatic heterocycles. The summed E-state index contributed by atoms with van der Waals surface area (Å²) in [5.74, 6) is 2.44. The van der Waals surface area contributed by atoms with Crippen molar-refractivity contribution in [2.75, 3.05) is 6.54 Å². The lowest BCUT2D eigenvalue weighted by molar-refractivity contribution is 0.0722. The Kier molecular flexibility index (Phi) is 3.55. The third-order valence-corrected chi connectivity index (χ3v) is 5.03. The zero-order valence-electron chi connectivity index (χ0n) is 13.9. The Labute approximate surface area is 139 Å². The van der Waals surface area contributed by atoms with E-state index in [1.165, 1.54) is 12.5 Å². The molecule has 0 spiro atoms. The molecule has 2 aromatic rings. The van der Waals surface area contributed by atoms with E-state index in [4.69, 9.17) is 8.83 Å². The molecule has 0 unspecified atom stereocenters. The lowest BCUT2D eigenvalue weighted by atomic mass is 9.85. The van der Waals surface area contributed by atoms with Crippen LogP contribution in [0.3, 0.4) is 0 Å². The number of oxazole rings is 1. The third-order valence-electron chi connectivity index (χ3n) is 5.03. The zero-order chi connectivity index (χ0) is 16.8. The summed E-state index contributed by atoms with van der Waals surface area (Å²) >= 11 is 0. The molecule has 0 saturated heterocycles. The van der Waals surface area contributed by atoms with Crippen LogP contribution in [0, 0.1) is 13.8 Å². The minimum absolute atomic E-state index is 0.118. The van der Waals surface area contributed by atoms with Gasteiger partial charge in [-0.05, 0) is 32.3 Å². The molecule has 3 heterocycles. The van der Waals surface area contributed by atoms with Gasteiger partial charge < -0.3 is 13.7 Å². The lowest BCUT2D eigenvalue weighted by Gasteiger charge is -2.26. The topological polar surface area (TPSA) is 76.6 Å². The van der Waals surface area contributed by atoms with E-state index in [2.05, 4.69) is 4.98 Å². The van der Waals surface area contributed by atoms with Crippen LogP contribution in [-0.4, -0.2) is 22.3 Å². The summed E-state index contributed by atoms with van der Waals surface area (Å²) in [7, 11) is 0. The van der Waals surface area contributed by atoms with Crippen molar-refractivity contribution in [1.82, 2.24) is 9.88 Å². The summed E-state index contributed by atoms with van der Waals surface area (Å²) in [6.07, 6.45) is 4.20. The fourth-order valence-corrected chi connectivity index (χ4v) is 3.46. The number of aryl methyl sites for hydroxylation is 2. The highest BCUT2D eigenvalue weighted by Crippen LogP contribution is 2.37. The van der Waals surface area contributed by atoms with Crippen LogP contribution in [0.5, 0.6) is 0 Å². The second-order valence-corrected chi connectivity index (χ2v) is 6.71. The summed E-state index contributed by atoms with van der Waals surface area (Å²) in [4.78, 5) is 30.7. The van der Waals surface area contributed by atoms with E-state index in [9.17, 15) is 9.59 Å². The molecular weight excluding hydrogens is 308 g/mol. The molecule has 0 N–H and O–H groups in total. The van der Waals surface area contributed by atoms with Crippen LogP contribution in [-0.2, 0) is 13.0 Å². The highest BCUT2D eigenvalue weighted by molar-refractivity contribution is 5.96. The quantitative estimate of drug-likeness (QED) is 0.847. The van der Waals surface area contributed by atoms with E-state index in [-0.39, 0.29) is 5.91 Å². The Hall–Kier alpha value is -2.37. The van der Waals surface area contributed by atoms with Crippen molar-refractivity contribution >= 4 is 5.91 Å². The number of carbonyl (C=O) groups excluding carboxylic acids is 1. The predicted octanol–water partition coefficient (Wildman–Crippen LogP) is 2.71. The van der Waals surface area contributed by atoms with E-state index in [1.54, 1.807) is 18.7 Å². The summed E-state index contributed by atoms with van der Waals surface area (Å²) in [6, 6.07) is 1.36. The van der Waals surface area contributed by atoms with Gasteiger partial charge >= 0.3 is 5.63 Å². The Morgan fingerprint density at radius 1 is 1.29 bits per heavy atom. The Balaban J connectivity index is 1.59. The molecule has 126 valence electrons. The van der Waals surface area contributed by atoms with Gasteiger partial charge in [0.05, 0.1) is 12.1 Å². The average Bonchev–Trinajstić information content (AvgIpc) is 2.86. The van der Waals surface area contributed by atoms with Crippen LogP contribution in [0.25, 0.3) is 0 Å². The molecule has 1 fully saturated rings. The summed E-state index contributed by atoms with van der Waals surface area (Å²) in [5.41, 5.74) is 1.56. The lowest BCUT2D eigenvalue weighted by Crippen LogP contribution is -2.36. The maximum Gasteiger partial charge on any atom is 0.336 e. The maximum absolute atomic E-state index is 12.9. The second kappa shape index (κ2) is 5.61. The standard InChI is InChI=1S/C18H20N2O4/c1-10-8-15(21)23-11(2)16(10)18(22)20-7-6-14-13(9-20)19-17(24-14)12-4-3-5-12/h8,12H,3-7,9H2,1-2H3. The van der Waals surface area contributed by atoms with Crippen molar-refractivity contribution in [2.45, 2.75) is 52.0 Å². The van der Waals surface area contributed by atoms with Gasteiger partial charge in [-0.1, -0.05) is 6.42 Å². The summed E-state index contributed by atoms with van der Waals surface area (Å²) in [6.45, 7) is 4.45. The van der Waals surface area contributed by atoms with E-state index in [1.807, 2.05) is 0 Å². The first kappa shape index (κ1) is 15.2. The normalized spacial score (nSPS) is 17.5. The van der Waals surface area contributed by atoms with E-state index in [0.717, 1.165) is 30.2 Å². The average molecular weight is 328 g/mol. The van der Waals surface area contributed by atoms with Crippen LogP contribution in [0.2, 0.25) is 0 Å². The van der Waals surface area contributed by atoms with Crippen LogP contribution >= 0.6 is 0 Å². The smallest absolute Gasteiger partial charge is 0.336 e. The number of nitrogens with zero attached hydrogens (tertiary/aromatic N) is 2. The number of aromatic nitrogens is 1. The number of carbonyl (C=O) groups is 1. The monoisotopic (exact) mass is 328 g/mol. The van der Waals surface area contributed by atoms with Crippen molar-refractivity contribution in [3.63, 3.8) is 0 Å². The van der Waals surface area contributed by atoms with Gasteiger partial charge in [0.15, 0.2) is 5.89 Å². The largest absolute Gasteiger partial charge is 0.445 e. The number of amides is 1. The van der Waals surface area contributed by atoms with Gasteiger partial charge in [0, 0.05) is 24.9 Å². The first-order valence-electron chi connectivity index (χ1n) is 8.42. The van der Waals surface area contributed by atoms with Crippen molar-refractivity contribution in [3.8, 4) is 0 Å². The molecule has 0 bridgehead atoms. The highest BCUT2D eigenvalue weighted by Gasteiger charge is 2.31. The van der Waals surface area contributed by atoms with Crippen molar-refractivity contribution in [3.05, 3.63) is 50.7 Å². The molecule has 6 nitrogen and oxygen atoms in total. The Morgan fingerprint density at radius 2 is 2.08 bits per heavy atom. The first-order valence-corrected chi connectivity index (χ1v) is 8.42. The maximum atomic E-state index is 12.9. The summed E-state index contributed by atoms with van der Waals surface area (Å²) < 4.78 is 11.0. The van der Waals surface area contributed by atoms with Crippen LogP contribution in [0.15, 0.2) is 19.7 Å². The molecule has 0 atom stereocenters. The van der Waals surface area contributed by atoms with Crippen LogP contribution in [0.1, 0.15) is 64.2 Å². The molecule has 1 saturated carbocycles. The van der Waals surface area contributed by atoms with Crippen molar-refractivity contribution in [1.29, 1.82) is 0 Å². The molecule has 1 amide bonds. The van der Waals surface area contributed by atoms with Gasteiger partial charge in [0.25, 0.3) is 5.91 Å². The van der Waals surface area contributed by atoms with Crippen LogP contribution < -0.4 is 5.63 Å². The Bertz CT molecular complexity index is 834.